The number of fused-ring (bicyclic) bond motifs is 1. The number of nitrogens with zero attached hydrogens (tertiary/aromatic N) is 1. The fourth-order valence-corrected chi connectivity index (χ4v) is 7.30. The molecule has 0 amide bonds. The van der Waals surface area contributed by atoms with E-state index in [0.29, 0.717) is 16.7 Å². The maximum Gasteiger partial charge on any atom is 0.210 e. The van der Waals surface area contributed by atoms with E-state index in [0.717, 1.165) is 0 Å². The smallest absolute Gasteiger partial charge is 0.210 e. The van der Waals surface area contributed by atoms with E-state index in [1.54, 1.807) is 65.2 Å². The van der Waals surface area contributed by atoms with Crippen molar-refractivity contribution < 1.29 is 31.9 Å². The van der Waals surface area contributed by atoms with Gasteiger partial charge in [-0.2, -0.15) is 0 Å². The molecule has 8 rings (SSSR count). The third kappa shape index (κ3) is 6.50. The van der Waals surface area contributed by atoms with Gasteiger partial charge >= 0.3 is 0 Å². The van der Waals surface area contributed by atoms with Crippen LogP contribution < -0.4 is 0 Å². The molecule has 1 N–H and O–H groups in total. The standard InChI is InChI=1S/C48H30F5NO2/c49-36-19-11-30(12-20-36)43(31-13-21-37(50)22-14-31)46(47(55)33-9-5-2-6-10-33)54-42-28-27-40(53)29-41(42)44(45(54)32-7-3-1-4-8-32)48(56,34-15-23-38(51)24-16-34)35-17-25-39(52)26-18-35/h1-29,56H. The minimum Gasteiger partial charge on any atom is -0.376 e. The van der Waals surface area contributed by atoms with Crippen LogP contribution in [0.2, 0.25) is 0 Å². The highest BCUT2D eigenvalue weighted by Gasteiger charge is 2.42. The van der Waals surface area contributed by atoms with Crippen LogP contribution in [0, 0.1) is 29.1 Å². The average molecular weight is 748 g/mol. The highest BCUT2D eigenvalue weighted by atomic mass is 19.1. The van der Waals surface area contributed by atoms with Gasteiger partial charge in [0.2, 0.25) is 5.78 Å². The van der Waals surface area contributed by atoms with Crippen LogP contribution in [-0.2, 0) is 5.60 Å². The zero-order valence-corrected chi connectivity index (χ0v) is 29.4. The Kier molecular flexibility index (Phi) is 9.50. The zero-order valence-electron chi connectivity index (χ0n) is 29.4. The molecule has 1 heterocycles. The number of Topliss-reactive ketones (excluding diaryl/α,β-unsaturated/α-hetero) is 1. The fraction of sp³-hybridized carbons (Fsp3) is 0.0208. The molecule has 0 atom stereocenters. The highest BCUT2D eigenvalue weighted by Crippen LogP contribution is 2.49. The molecule has 0 unspecified atom stereocenters. The van der Waals surface area contributed by atoms with Gasteiger partial charge in [-0.05, 0) is 94.5 Å². The van der Waals surface area contributed by atoms with Crippen molar-refractivity contribution in [2.24, 2.45) is 0 Å². The third-order valence-corrected chi connectivity index (χ3v) is 9.84. The van der Waals surface area contributed by atoms with Gasteiger partial charge in [0.1, 0.15) is 40.4 Å². The summed E-state index contributed by atoms with van der Waals surface area (Å²) in [5.41, 5.74) is 0.567. The Hall–Kier alpha value is -6.90. The Labute approximate surface area is 318 Å². The molecule has 8 heteroatoms. The fourth-order valence-electron chi connectivity index (χ4n) is 7.30. The lowest BCUT2D eigenvalue weighted by molar-refractivity contribution is 0.105. The molecule has 0 saturated heterocycles. The molecule has 0 aliphatic rings. The monoisotopic (exact) mass is 747 g/mol. The van der Waals surface area contributed by atoms with Crippen molar-refractivity contribution in [3.63, 3.8) is 0 Å². The summed E-state index contributed by atoms with van der Waals surface area (Å²) in [5.74, 6) is -3.37. The number of benzene rings is 7. The molecule has 0 radical (unpaired) electrons. The molecule has 274 valence electrons. The number of aromatic nitrogens is 1. The van der Waals surface area contributed by atoms with Gasteiger partial charge in [0.25, 0.3) is 0 Å². The molecule has 0 saturated carbocycles. The summed E-state index contributed by atoms with van der Waals surface area (Å²) >= 11 is 0. The summed E-state index contributed by atoms with van der Waals surface area (Å²) in [6, 6.07) is 42.5. The lowest BCUT2D eigenvalue weighted by atomic mass is 9.78. The van der Waals surface area contributed by atoms with E-state index in [9.17, 15) is 22.7 Å². The van der Waals surface area contributed by atoms with Crippen molar-refractivity contribution in [1.82, 2.24) is 4.57 Å². The molecule has 0 spiro atoms. The molecule has 1 aromatic heterocycles. The Balaban J connectivity index is 1.64. The molecule has 56 heavy (non-hydrogen) atoms. The van der Waals surface area contributed by atoms with E-state index in [1.807, 2.05) is 0 Å². The lowest BCUT2D eigenvalue weighted by Crippen LogP contribution is -2.30. The van der Waals surface area contributed by atoms with Crippen molar-refractivity contribution in [1.29, 1.82) is 0 Å². The second-order valence-electron chi connectivity index (χ2n) is 13.2. The number of aliphatic hydroxyl groups is 1. The van der Waals surface area contributed by atoms with E-state index in [2.05, 4.69) is 0 Å². The SMILES string of the molecule is O=C(C(=C(c1ccc(F)cc1)c1ccc(F)cc1)n1c(-c2ccccc2)c(C(O)(c2ccc(F)cc2)c2ccc(F)cc2)c2cc(F)ccc21)c1ccccc1. The topological polar surface area (TPSA) is 42.2 Å². The van der Waals surface area contributed by atoms with E-state index in [-0.39, 0.29) is 50.1 Å². The maximum atomic E-state index is 15.7. The van der Waals surface area contributed by atoms with Crippen LogP contribution in [0.15, 0.2) is 176 Å². The van der Waals surface area contributed by atoms with Crippen LogP contribution in [0.25, 0.3) is 33.4 Å². The van der Waals surface area contributed by atoms with Gasteiger partial charge in [0.05, 0.1) is 11.2 Å². The predicted octanol–water partition coefficient (Wildman–Crippen LogP) is 11.6. The average Bonchev–Trinajstić information content (AvgIpc) is 3.55. The number of rotatable bonds is 9. The van der Waals surface area contributed by atoms with Gasteiger partial charge in [0, 0.05) is 22.1 Å². The number of halogens is 5. The van der Waals surface area contributed by atoms with Crippen molar-refractivity contribution in [3.05, 3.63) is 238 Å². The molecule has 0 bridgehead atoms. The Morgan fingerprint density at radius 2 is 0.911 bits per heavy atom. The van der Waals surface area contributed by atoms with Crippen LogP contribution in [0.5, 0.6) is 0 Å². The molecule has 8 aromatic rings. The van der Waals surface area contributed by atoms with Crippen LogP contribution in [0.1, 0.15) is 38.2 Å². The molecular weight excluding hydrogens is 718 g/mol. The Morgan fingerprint density at radius 3 is 1.39 bits per heavy atom. The third-order valence-electron chi connectivity index (χ3n) is 9.84. The molecule has 0 aliphatic carbocycles. The zero-order chi connectivity index (χ0) is 39.0. The number of carbonyl (C=O) groups excluding carboxylic acids is 1. The van der Waals surface area contributed by atoms with E-state index in [1.165, 1.54) is 115 Å². The van der Waals surface area contributed by atoms with E-state index in [4.69, 9.17) is 0 Å². The number of carbonyl (C=O) groups is 1. The van der Waals surface area contributed by atoms with Crippen molar-refractivity contribution in [3.8, 4) is 11.3 Å². The lowest BCUT2D eigenvalue weighted by Gasteiger charge is -2.31. The van der Waals surface area contributed by atoms with Gasteiger partial charge in [-0.25, -0.2) is 22.0 Å². The molecule has 7 aromatic carbocycles. The van der Waals surface area contributed by atoms with Crippen molar-refractivity contribution in [2.75, 3.05) is 0 Å². The highest BCUT2D eigenvalue weighted by molar-refractivity contribution is 6.33. The van der Waals surface area contributed by atoms with Crippen molar-refractivity contribution in [2.45, 2.75) is 5.60 Å². The first-order valence-corrected chi connectivity index (χ1v) is 17.6. The van der Waals surface area contributed by atoms with E-state index < -0.39 is 40.5 Å². The van der Waals surface area contributed by atoms with Gasteiger partial charge < -0.3 is 9.67 Å². The molecular formula is C48H30F5NO2. The molecule has 0 aliphatic heterocycles. The summed E-state index contributed by atoms with van der Waals surface area (Å²) in [7, 11) is 0. The second-order valence-corrected chi connectivity index (χ2v) is 13.2. The largest absolute Gasteiger partial charge is 0.376 e. The summed E-state index contributed by atoms with van der Waals surface area (Å²) in [5, 5.41) is 13.6. The quantitative estimate of drug-likeness (QED) is 0.0908. The molecule has 3 nitrogen and oxygen atoms in total. The summed E-state index contributed by atoms with van der Waals surface area (Å²) < 4.78 is 75.5. The van der Waals surface area contributed by atoms with Gasteiger partial charge in [-0.1, -0.05) is 109 Å². The minimum absolute atomic E-state index is 0.0108. The van der Waals surface area contributed by atoms with Crippen LogP contribution in [-0.4, -0.2) is 15.5 Å². The normalized spacial score (nSPS) is 11.5. The predicted molar refractivity (Wildman–Crippen MR) is 208 cm³/mol. The van der Waals surface area contributed by atoms with Crippen LogP contribution >= 0.6 is 0 Å². The van der Waals surface area contributed by atoms with Gasteiger partial charge in [-0.15, -0.1) is 0 Å². The van der Waals surface area contributed by atoms with Crippen molar-refractivity contribution >= 4 is 28.0 Å². The summed E-state index contributed by atoms with van der Waals surface area (Å²) in [6.45, 7) is 0. The Bertz CT molecular complexity index is 2630. The van der Waals surface area contributed by atoms with Crippen LogP contribution in [0.4, 0.5) is 22.0 Å². The van der Waals surface area contributed by atoms with Gasteiger partial charge in [0.15, 0.2) is 0 Å². The summed E-state index contributed by atoms with van der Waals surface area (Å²) in [4.78, 5) is 15.4. The van der Waals surface area contributed by atoms with E-state index >= 15 is 9.18 Å². The molecule has 0 fully saturated rings. The first kappa shape index (κ1) is 36.1. The Morgan fingerprint density at radius 1 is 0.482 bits per heavy atom. The number of allylic oxidation sites excluding steroid dienone is 1. The number of hydrogen-bond acceptors (Lipinski definition) is 2. The van der Waals surface area contributed by atoms with Crippen LogP contribution in [0.3, 0.4) is 0 Å². The first-order valence-electron chi connectivity index (χ1n) is 17.6. The maximum absolute atomic E-state index is 15.7. The second kappa shape index (κ2) is 14.7. The summed E-state index contributed by atoms with van der Waals surface area (Å²) in [6.07, 6.45) is 0. The van der Waals surface area contributed by atoms with Gasteiger partial charge in [-0.3, -0.25) is 4.79 Å². The first-order chi connectivity index (χ1) is 27.1. The number of hydrogen-bond donors (Lipinski definition) is 1. The minimum atomic E-state index is -2.23. The number of ketones is 1.